The van der Waals surface area contributed by atoms with Crippen LogP contribution in [0.1, 0.15) is 43.1 Å². The molecule has 6 heteroatoms. The maximum absolute atomic E-state index is 12.0. The largest absolute Gasteiger partial charge is 0.484 e. The van der Waals surface area contributed by atoms with Crippen LogP contribution in [0.25, 0.3) is 0 Å². The van der Waals surface area contributed by atoms with Crippen LogP contribution in [0.4, 0.5) is 5.69 Å². The molecule has 0 bridgehead atoms. The number of ketones is 1. The molecule has 2 aromatic carbocycles. The van der Waals surface area contributed by atoms with Crippen molar-refractivity contribution in [1.82, 2.24) is 5.32 Å². The molecule has 0 atom stereocenters. The number of ether oxygens (including phenoxy) is 1. The molecule has 0 spiro atoms. The predicted molar refractivity (Wildman–Crippen MR) is 109 cm³/mol. The van der Waals surface area contributed by atoms with E-state index in [1.807, 2.05) is 20.8 Å². The molecule has 0 saturated heterocycles. The van der Waals surface area contributed by atoms with Gasteiger partial charge in [0.2, 0.25) is 5.91 Å². The number of Topliss-reactive ketones (excluding diaryl/α,β-unsaturated/α-hetero) is 1. The fourth-order valence-corrected chi connectivity index (χ4v) is 2.55. The normalized spacial score (nSPS) is 10.4. The minimum atomic E-state index is -0.293. The van der Waals surface area contributed by atoms with Crippen molar-refractivity contribution < 1.29 is 19.1 Å². The molecule has 0 aliphatic carbocycles. The molecule has 0 unspecified atom stereocenters. The molecule has 0 aromatic heterocycles. The topological polar surface area (TPSA) is 84.5 Å². The van der Waals surface area contributed by atoms with Gasteiger partial charge in [0.25, 0.3) is 5.91 Å². The molecular weight excluding hydrogens is 356 g/mol. The van der Waals surface area contributed by atoms with Crippen molar-refractivity contribution in [2.45, 2.75) is 39.7 Å². The highest BCUT2D eigenvalue weighted by Crippen LogP contribution is 2.14. The fourth-order valence-electron chi connectivity index (χ4n) is 2.55. The number of amides is 2. The van der Waals surface area contributed by atoms with E-state index in [-0.39, 0.29) is 30.2 Å². The maximum atomic E-state index is 12.0. The molecule has 2 aromatic rings. The number of anilines is 1. The first-order valence-corrected chi connectivity index (χ1v) is 9.31. The van der Waals surface area contributed by atoms with Gasteiger partial charge in [-0.3, -0.25) is 14.4 Å². The third-order valence-electron chi connectivity index (χ3n) is 3.92. The van der Waals surface area contributed by atoms with E-state index in [1.54, 1.807) is 48.5 Å². The van der Waals surface area contributed by atoms with Crippen LogP contribution in [0, 0.1) is 0 Å². The lowest BCUT2D eigenvalue weighted by Gasteiger charge is -2.10. The van der Waals surface area contributed by atoms with E-state index >= 15 is 0 Å². The summed E-state index contributed by atoms with van der Waals surface area (Å²) in [6, 6.07) is 13.9. The van der Waals surface area contributed by atoms with Gasteiger partial charge in [0.15, 0.2) is 12.4 Å². The van der Waals surface area contributed by atoms with Crippen molar-refractivity contribution in [3.8, 4) is 5.75 Å². The van der Waals surface area contributed by atoms with Crippen molar-refractivity contribution in [1.29, 1.82) is 0 Å². The second-order valence-corrected chi connectivity index (χ2v) is 6.73. The Morgan fingerprint density at radius 3 is 2.14 bits per heavy atom. The van der Waals surface area contributed by atoms with Gasteiger partial charge >= 0.3 is 0 Å². The van der Waals surface area contributed by atoms with Gasteiger partial charge in [0.1, 0.15) is 5.75 Å². The molecule has 2 amide bonds. The highest BCUT2D eigenvalue weighted by Gasteiger charge is 2.08. The summed E-state index contributed by atoms with van der Waals surface area (Å²) >= 11 is 0. The molecule has 148 valence electrons. The van der Waals surface area contributed by atoms with Crippen LogP contribution >= 0.6 is 0 Å². The Bertz CT molecular complexity index is 811. The Morgan fingerprint density at radius 1 is 0.929 bits per heavy atom. The molecule has 0 saturated carbocycles. The third-order valence-corrected chi connectivity index (χ3v) is 3.92. The lowest BCUT2D eigenvalue weighted by atomic mass is 10.1. The monoisotopic (exact) mass is 382 g/mol. The van der Waals surface area contributed by atoms with E-state index in [0.29, 0.717) is 29.8 Å². The smallest absolute Gasteiger partial charge is 0.262 e. The molecule has 2 N–H and O–H groups in total. The number of benzene rings is 2. The summed E-state index contributed by atoms with van der Waals surface area (Å²) in [6.07, 6.45) is 0.746. The first-order chi connectivity index (χ1) is 13.4. The Hall–Kier alpha value is -3.15. The zero-order valence-corrected chi connectivity index (χ0v) is 16.5. The number of carbonyl (C=O) groups excluding carboxylic acids is 3. The predicted octanol–water partition coefficient (Wildman–Crippen LogP) is 3.36. The van der Waals surface area contributed by atoms with E-state index in [1.165, 1.54) is 0 Å². The first kappa shape index (κ1) is 21.2. The molecular formula is C22H26N2O4. The average molecular weight is 382 g/mol. The number of carbonyl (C=O) groups is 3. The van der Waals surface area contributed by atoms with E-state index in [2.05, 4.69) is 10.6 Å². The van der Waals surface area contributed by atoms with Crippen molar-refractivity contribution in [2.24, 2.45) is 0 Å². The van der Waals surface area contributed by atoms with E-state index in [4.69, 9.17) is 4.74 Å². The molecule has 28 heavy (non-hydrogen) atoms. The lowest BCUT2D eigenvalue weighted by Crippen LogP contribution is -2.31. The van der Waals surface area contributed by atoms with Crippen LogP contribution in [-0.2, 0) is 16.0 Å². The average Bonchev–Trinajstić information content (AvgIpc) is 2.67. The Kier molecular flexibility index (Phi) is 7.75. The standard InChI is InChI=1S/C22H26N2O4/c1-4-20(25)17-7-11-19(12-8-17)28-14-22(27)24-18-9-5-16(6-10-18)13-21(26)23-15(2)3/h5-12,15H,4,13-14H2,1-3H3,(H,23,26)(H,24,27). The van der Waals surface area contributed by atoms with E-state index < -0.39 is 0 Å². The van der Waals surface area contributed by atoms with Crippen molar-refractivity contribution in [3.63, 3.8) is 0 Å². The second-order valence-electron chi connectivity index (χ2n) is 6.73. The molecule has 6 nitrogen and oxygen atoms in total. The van der Waals surface area contributed by atoms with E-state index in [9.17, 15) is 14.4 Å². The van der Waals surface area contributed by atoms with Crippen LogP contribution in [0.2, 0.25) is 0 Å². The minimum absolute atomic E-state index is 0.0353. The Labute approximate surface area is 165 Å². The number of nitrogens with one attached hydrogen (secondary N) is 2. The van der Waals surface area contributed by atoms with Gasteiger partial charge in [-0.1, -0.05) is 19.1 Å². The summed E-state index contributed by atoms with van der Waals surface area (Å²) in [4.78, 5) is 35.4. The van der Waals surface area contributed by atoms with Crippen LogP contribution < -0.4 is 15.4 Å². The van der Waals surface area contributed by atoms with Crippen LogP contribution in [0.15, 0.2) is 48.5 Å². The lowest BCUT2D eigenvalue weighted by molar-refractivity contribution is -0.121. The molecule has 0 fully saturated rings. The molecule has 0 aliphatic heterocycles. The Balaban J connectivity index is 1.81. The van der Waals surface area contributed by atoms with Crippen molar-refractivity contribution >= 4 is 23.3 Å². The van der Waals surface area contributed by atoms with Gasteiger partial charge in [0, 0.05) is 23.7 Å². The van der Waals surface area contributed by atoms with Crippen LogP contribution in [-0.4, -0.2) is 30.2 Å². The minimum Gasteiger partial charge on any atom is -0.484 e. The number of hydrogen-bond acceptors (Lipinski definition) is 4. The van der Waals surface area contributed by atoms with Gasteiger partial charge < -0.3 is 15.4 Å². The van der Waals surface area contributed by atoms with Gasteiger partial charge in [-0.2, -0.15) is 0 Å². The summed E-state index contributed by atoms with van der Waals surface area (Å²) in [5, 5.41) is 5.58. The van der Waals surface area contributed by atoms with Gasteiger partial charge in [-0.15, -0.1) is 0 Å². The maximum Gasteiger partial charge on any atom is 0.262 e. The highest BCUT2D eigenvalue weighted by molar-refractivity contribution is 5.96. The van der Waals surface area contributed by atoms with Gasteiger partial charge in [-0.25, -0.2) is 0 Å². The molecule has 0 radical (unpaired) electrons. The number of rotatable bonds is 9. The second kappa shape index (κ2) is 10.3. The quantitative estimate of drug-likeness (QED) is 0.651. The zero-order valence-electron chi connectivity index (χ0n) is 16.5. The fraction of sp³-hybridized carbons (Fsp3) is 0.318. The van der Waals surface area contributed by atoms with Crippen LogP contribution in [0.5, 0.6) is 5.75 Å². The van der Waals surface area contributed by atoms with Gasteiger partial charge in [-0.05, 0) is 55.8 Å². The number of hydrogen-bond donors (Lipinski definition) is 2. The van der Waals surface area contributed by atoms with Crippen LogP contribution in [0.3, 0.4) is 0 Å². The SMILES string of the molecule is CCC(=O)c1ccc(OCC(=O)Nc2ccc(CC(=O)NC(C)C)cc2)cc1. The highest BCUT2D eigenvalue weighted by atomic mass is 16.5. The Morgan fingerprint density at radius 2 is 1.57 bits per heavy atom. The van der Waals surface area contributed by atoms with E-state index in [0.717, 1.165) is 5.56 Å². The summed E-state index contributed by atoms with van der Waals surface area (Å²) in [5.41, 5.74) is 2.13. The third kappa shape index (κ3) is 6.87. The first-order valence-electron chi connectivity index (χ1n) is 9.31. The summed E-state index contributed by atoms with van der Waals surface area (Å²) in [7, 11) is 0. The van der Waals surface area contributed by atoms with Crippen molar-refractivity contribution in [2.75, 3.05) is 11.9 Å². The molecule has 0 heterocycles. The summed E-state index contributed by atoms with van der Waals surface area (Å²) in [5.74, 6) is 0.259. The molecule has 0 aliphatic rings. The van der Waals surface area contributed by atoms with Crippen molar-refractivity contribution in [3.05, 3.63) is 59.7 Å². The summed E-state index contributed by atoms with van der Waals surface area (Å²) in [6.45, 7) is 5.50. The summed E-state index contributed by atoms with van der Waals surface area (Å²) < 4.78 is 5.45. The zero-order chi connectivity index (χ0) is 20.5. The molecule has 2 rings (SSSR count). The van der Waals surface area contributed by atoms with Gasteiger partial charge in [0.05, 0.1) is 6.42 Å².